The van der Waals surface area contributed by atoms with Crippen molar-refractivity contribution in [3.63, 3.8) is 0 Å². The zero-order valence-electron chi connectivity index (χ0n) is 5.48. The van der Waals surface area contributed by atoms with Gasteiger partial charge in [0.1, 0.15) is 4.83 Å². The molecule has 0 radical (unpaired) electrons. The fourth-order valence-electron chi connectivity index (χ4n) is 0.856. The van der Waals surface area contributed by atoms with Gasteiger partial charge in [-0.3, -0.25) is 0 Å². The third-order valence-electron chi connectivity index (χ3n) is 1.32. The van der Waals surface area contributed by atoms with Crippen LogP contribution in [0.15, 0.2) is 11.4 Å². The van der Waals surface area contributed by atoms with E-state index in [1.807, 2.05) is 5.38 Å². The number of nitrogens with zero attached hydrogens (tertiary/aromatic N) is 2. The van der Waals surface area contributed by atoms with E-state index in [0.29, 0.717) is 5.39 Å². The molecular weight excluding hydrogens is 162 g/mol. The average molecular weight is 167 g/mol. The van der Waals surface area contributed by atoms with Gasteiger partial charge in [-0.1, -0.05) is 0 Å². The van der Waals surface area contributed by atoms with E-state index in [2.05, 4.69) is 9.97 Å². The summed E-state index contributed by atoms with van der Waals surface area (Å²) in [5.74, 6) is 0.0613. The van der Waals surface area contributed by atoms with Crippen molar-refractivity contribution in [1.29, 1.82) is 0 Å². The second kappa shape index (κ2) is 2.06. The van der Waals surface area contributed by atoms with E-state index in [0.717, 1.165) is 4.83 Å². The smallest absolute Gasteiger partial charge is 0.224 e. The third-order valence-corrected chi connectivity index (χ3v) is 2.13. The van der Waals surface area contributed by atoms with Crippen molar-refractivity contribution in [2.75, 3.05) is 5.73 Å². The van der Waals surface area contributed by atoms with Crippen molar-refractivity contribution in [1.82, 2.24) is 9.97 Å². The number of aromatic hydroxyl groups is 1. The first kappa shape index (κ1) is 6.36. The maximum Gasteiger partial charge on any atom is 0.224 e. The molecule has 3 N–H and O–H groups in total. The predicted octanol–water partition coefficient (Wildman–Crippen LogP) is 0.979. The highest BCUT2D eigenvalue weighted by Gasteiger charge is 2.03. The molecule has 0 unspecified atom stereocenters. The van der Waals surface area contributed by atoms with E-state index < -0.39 is 0 Å². The molecule has 0 fully saturated rings. The molecule has 2 aromatic rings. The number of fused-ring (bicyclic) bond motifs is 1. The molecule has 2 heterocycles. The molecule has 2 aromatic heterocycles. The first-order chi connectivity index (χ1) is 5.27. The summed E-state index contributed by atoms with van der Waals surface area (Å²) in [5, 5.41) is 11.7. The lowest BCUT2D eigenvalue weighted by atomic mass is 10.4. The molecule has 0 aromatic carbocycles. The summed E-state index contributed by atoms with van der Waals surface area (Å²) in [6.07, 6.45) is 0. The molecule has 0 saturated carbocycles. The van der Waals surface area contributed by atoms with Crippen molar-refractivity contribution in [3.8, 4) is 5.88 Å². The molecule has 4 nitrogen and oxygen atoms in total. The quantitative estimate of drug-likeness (QED) is 0.613. The van der Waals surface area contributed by atoms with Gasteiger partial charge in [-0.05, 0) is 11.4 Å². The van der Waals surface area contributed by atoms with Crippen molar-refractivity contribution < 1.29 is 5.11 Å². The number of hydrogen-bond donors (Lipinski definition) is 2. The molecule has 0 amide bonds. The van der Waals surface area contributed by atoms with Crippen LogP contribution < -0.4 is 5.73 Å². The van der Waals surface area contributed by atoms with Gasteiger partial charge < -0.3 is 10.8 Å². The maximum atomic E-state index is 9.22. The van der Waals surface area contributed by atoms with Crippen LogP contribution in [0.25, 0.3) is 10.2 Å². The molecule has 11 heavy (non-hydrogen) atoms. The van der Waals surface area contributed by atoms with E-state index in [1.54, 1.807) is 6.07 Å². The largest absolute Gasteiger partial charge is 0.493 e. The minimum atomic E-state index is -0.0475. The van der Waals surface area contributed by atoms with Gasteiger partial charge in [0.15, 0.2) is 0 Å². The zero-order valence-corrected chi connectivity index (χ0v) is 6.30. The van der Waals surface area contributed by atoms with E-state index in [4.69, 9.17) is 5.73 Å². The SMILES string of the molecule is Nc1nc(O)c2ccsc2n1. The molecule has 0 aliphatic rings. The van der Waals surface area contributed by atoms with Gasteiger partial charge in [-0.2, -0.15) is 4.98 Å². The van der Waals surface area contributed by atoms with Crippen LogP contribution in [0.1, 0.15) is 0 Å². The first-order valence-electron chi connectivity index (χ1n) is 2.97. The Bertz CT molecular complexity index is 398. The molecule has 5 heteroatoms. The van der Waals surface area contributed by atoms with E-state index in [-0.39, 0.29) is 11.8 Å². The normalized spacial score (nSPS) is 10.5. The van der Waals surface area contributed by atoms with Crippen LogP contribution in [-0.4, -0.2) is 15.1 Å². The summed E-state index contributed by atoms with van der Waals surface area (Å²) in [6.45, 7) is 0. The Morgan fingerprint density at radius 3 is 3.09 bits per heavy atom. The molecule has 0 atom stereocenters. The highest BCUT2D eigenvalue weighted by Crippen LogP contribution is 2.25. The lowest BCUT2D eigenvalue weighted by Gasteiger charge is -1.93. The second-order valence-electron chi connectivity index (χ2n) is 2.04. The number of thiophene rings is 1. The summed E-state index contributed by atoms with van der Waals surface area (Å²) < 4.78 is 0. The standard InChI is InChI=1S/C6H5N3OS/c7-6-8-4(10)3-1-2-11-5(3)9-6/h1-2H,(H3,7,8,9,10). The third kappa shape index (κ3) is 0.894. The Morgan fingerprint density at radius 2 is 2.27 bits per heavy atom. The van der Waals surface area contributed by atoms with Crippen molar-refractivity contribution in [2.45, 2.75) is 0 Å². The van der Waals surface area contributed by atoms with Crippen molar-refractivity contribution >= 4 is 27.5 Å². The molecule has 0 spiro atoms. The van der Waals surface area contributed by atoms with Crippen molar-refractivity contribution in [3.05, 3.63) is 11.4 Å². The van der Waals surface area contributed by atoms with Gasteiger partial charge in [-0.15, -0.1) is 11.3 Å². The highest BCUT2D eigenvalue weighted by molar-refractivity contribution is 7.16. The molecule has 2 rings (SSSR count). The number of rotatable bonds is 0. The lowest BCUT2D eigenvalue weighted by molar-refractivity contribution is 0.460. The van der Waals surface area contributed by atoms with E-state index in [1.165, 1.54) is 11.3 Å². The molecule has 0 aliphatic carbocycles. The molecule has 56 valence electrons. The summed E-state index contributed by atoms with van der Waals surface area (Å²) in [7, 11) is 0. The summed E-state index contributed by atoms with van der Waals surface area (Å²) in [4.78, 5) is 8.24. The summed E-state index contributed by atoms with van der Waals surface area (Å²) >= 11 is 1.42. The van der Waals surface area contributed by atoms with Crippen LogP contribution in [0.3, 0.4) is 0 Å². The van der Waals surface area contributed by atoms with Gasteiger partial charge in [0, 0.05) is 0 Å². The zero-order chi connectivity index (χ0) is 7.84. The fourth-order valence-corrected chi connectivity index (χ4v) is 1.62. The Labute approximate surface area is 66.3 Å². The van der Waals surface area contributed by atoms with Gasteiger partial charge in [0.25, 0.3) is 0 Å². The van der Waals surface area contributed by atoms with Gasteiger partial charge in [0.05, 0.1) is 5.39 Å². The summed E-state index contributed by atoms with van der Waals surface area (Å²) in [6, 6.07) is 1.76. The van der Waals surface area contributed by atoms with Crippen LogP contribution in [0.4, 0.5) is 5.95 Å². The Hall–Kier alpha value is -1.36. The molecule has 0 saturated heterocycles. The average Bonchev–Trinajstić information content (AvgIpc) is 2.34. The predicted molar refractivity (Wildman–Crippen MR) is 43.5 cm³/mol. The Balaban J connectivity index is 2.91. The van der Waals surface area contributed by atoms with Gasteiger partial charge in [0.2, 0.25) is 11.8 Å². The first-order valence-corrected chi connectivity index (χ1v) is 3.85. The maximum absolute atomic E-state index is 9.22. The monoisotopic (exact) mass is 167 g/mol. The molecule has 0 aliphatic heterocycles. The van der Waals surface area contributed by atoms with Crippen LogP contribution >= 0.6 is 11.3 Å². The number of anilines is 1. The number of hydrogen-bond acceptors (Lipinski definition) is 5. The highest BCUT2D eigenvalue weighted by atomic mass is 32.1. The van der Waals surface area contributed by atoms with Gasteiger partial charge in [-0.25, -0.2) is 4.98 Å². The summed E-state index contributed by atoms with van der Waals surface area (Å²) in [5.41, 5.74) is 5.31. The van der Waals surface area contributed by atoms with Crippen molar-refractivity contribution in [2.24, 2.45) is 0 Å². The minimum absolute atomic E-state index is 0.0475. The lowest BCUT2D eigenvalue weighted by Crippen LogP contribution is -1.92. The topological polar surface area (TPSA) is 72.0 Å². The van der Waals surface area contributed by atoms with Crippen LogP contribution in [0.5, 0.6) is 5.88 Å². The Kier molecular flexibility index (Phi) is 1.19. The van der Waals surface area contributed by atoms with Gasteiger partial charge >= 0.3 is 0 Å². The minimum Gasteiger partial charge on any atom is -0.493 e. The van der Waals surface area contributed by atoms with Crippen LogP contribution in [0.2, 0.25) is 0 Å². The number of nitrogens with two attached hydrogens (primary N) is 1. The number of aromatic nitrogens is 2. The molecular formula is C6H5N3OS. The fraction of sp³-hybridized carbons (Fsp3) is 0. The Morgan fingerprint density at radius 1 is 1.45 bits per heavy atom. The van der Waals surface area contributed by atoms with E-state index in [9.17, 15) is 5.11 Å². The van der Waals surface area contributed by atoms with E-state index >= 15 is 0 Å². The number of nitrogen functional groups attached to an aromatic ring is 1. The second-order valence-corrected chi connectivity index (χ2v) is 2.94. The van der Waals surface area contributed by atoms with Crippen LogP contribution in [0, 0.1) is 0 Å². The van der Waals surface area contributed by atoms with Crippen LogP contribution in [-0.2, 0) is 0 Å². The molecule has 0 bridgehead atoms.